The first-order valence-electron chi connectivity index (χ1n) is 7.73. The third-order valence-electron chi connectivity index (χ3n) is 5.61. The van der Waals surface area contributed by atoms with Crippen LogP contribution in [0, 0.1) is 17.8 Å². The average molecular weight is 241 g/mol. The molecule has 1 unspecified atom stereocenters. The van der Waals surface area contributed by atoms with Gasteiger partial charge in [0.15, 0.2) is 0 Å². The molecule has 3 aliphatic rings. The van der Waals surface area contributed by atoms with E-state index in [4.69, 9.17) is 0 Å². The molecule has 0 saturated heterocycles. The number of anilines is 1. The maximum absolute atomic E-state index is 3.78. The largest absolute Gasteiger partial charge is 0.382 e. The number of hydrogen-bond donors (Lipinski definition) is 1. The van der Waals surface area contributed by atoms with Crippen LogP contribution in [-0.4, -0.2) is 6.04 Å². The molecule has 4 atom stereocenters. The Morgan fingerprint density at radius 1 is 1.06 bits per heavy atom. The number of nitrogens with one attached hydrogen (secondary N) is 1. The van der Waals surface area contributed by atoms with Gasteiger partial charge in [-0.3, -0.25) is 0 Å². The van der Waals surface area contributed by atoms with E-state index < -0.39 is 0 Å². The van der Waals surface area contributed by atoms with Gasteiger partial charge in [-0.15, -0.1) is 0 Å². The van der Waals surface area contributed by atoms with E-state index in [-0.39, 0.29) is 0 Å². The Bertz CT molecular complexity index is 439. The molecular formula is C17H23N. The monoisotopic (exact) mass is 241 g/mol. The van der Waals surface area contributed by atoms with Crippen LogP contribution in [0.25, 0.3) is 0 Å². The molecule has 0 amide bonds. The predicted octanol–water partition coefficient (Wildman–Crippen LogP) is 4.24. The Hall–Kier alpha value is -0.980. The molecule has 1 N–H and O–H groups in total. The van der Waals surface area contributed by atoms with Gasteiger partial charge in [0.2, 0.25) is 0 Å². The van der Waals surface area contributed by atoms with Crippen LogP contribution >= 0.6 is 0 Å². The molecule has 1 heterocycles. The molecule has 2 bridgehead atoms. The number of hydrogen-bond acceptors (Lipinski definition) is 1. The van der Waals surface area contributed by atoms with Gasteiger partial charge >= 0.3 is 0 Å². The van der Waals surface area contributed by atoms with Gasteiger partial charge in [-0.05, 0) is 67.9 Å². The number of para-hydroxylation sites is 1. The van der Waals surface area contributed by atoms with E-state index in [2.05, 4.69) is 29.6 Å². The fourth-order valence-electron chi connectivity index (χ4n) is 4.71. The Morgan fingerprint density at radius 3 is 2.83 bits per heavy atom. The van der Waals surface area contributed by atoms with Gasteiger partial charge < -0.3 is 5.32 Å². The lowest BCUT2D eigenvalue weighted by molar-refractivity contribution is 0.295. The minimum atomic E-state index is 0.740. The van der Waals surface area contributed by atoms with Crippen molar-refractivity contribution >= 4 is 5.69 Å². The molecular weight excluding hydrogens is 218 g/mol. The summed E-state index contributed by atoms with van der Waals surface area (Å²) in [5, 5.41) is 3.78. The van der Waals surface area contributed by atoms with E-state index >= 15 is 0 Å². The first kappa shape index (κ1) is 10.9. The van der Waals surface area contributed by atoms with Crippen LogP contribution in [-0.2, 0) is 6.42 Å². The zero-order valence-electron chi connectivity index (χ0n) is 11.1. The number of fused-ring (bicyclic) bond motifs is 3. The summed E-state index contributed by atoms with van der Waals surface area (Å²) in [5.41, 5.74) is 2.92. The summed E-state index contributed by atoms with van der Waals surface area (Å²) < 4.78 is 0. The fourth-order valence-corrected chi connectivity index (χ4v) is 4.71. The van der Waals surface area contributed by atoms with Crippen molar-refractivity contribution in [2.24, 2.45) is 17.8 Å². The Labute approximate surface area is 110 Å². The molecule has 4 rings (SSSR count). The second-order valence-electron chi connectivity index (χ2n) is 6.71. The lowest BCUT2D eigenvalue weighted by Crippen LogP contribution is -2.29. The van der Waals surface area contributed by atoms with E-state index in [0.29, 0.717) is 0 Å². The van der Waals surface area contributed by atoms with Crippen molar-refractivity contribution in [1.29, 1.82) is 0 Å². The molecule has 96 valence electrons. The smallest absolute Gasteiger partial charge is 0.0374 e. The highest BCUT2D eigenvalue weighted by molar-refractivity contribution is 5.53. The summed E-state index contributed by atoms with van der Waals surface area (Å²) in [6.07, 6.45) is 10.2. The van der Waals surface area contributed by atoms with E-state index in [1.165, 1.54) is 49.8 Å². The van der Waals surface area contributed by atoms with Crippen molar-refractivity contribution in [3.8, 4) is 0 Å². The summed E-state index contributed by atoms with van der Waals surface area (Å²) in [7, 11) is 0. The van der Waals surface area contributed by atoms with Gasteiger partial charge in [-0.2, -0.15) is 0 Å². The molecule has 2 saturated carbocycles. The third-order valence-corrected chi connectivity index (χ3v) is 5.61. The molecule has 1 aliphatic heterocycles. The summed E-state index contributed by atoms with van der Waals surface area (Å²) in [5.74, 6) is 3.20. The zero-order valence-corrected chi connectivity index (χ0v) is 11.1. The Kier molecular flexibility index (Phi) is 2.60. The first-order chi connectivity index (χ1) is 8.88. The second-order valence-corrected chi connectivity index (χ2v) is 6.71. The lowest BCUT2D eigenvalue weighted by Gasteiger charge is -2.31. The van der Waals surface area contributed by atoms with Crippen LogP contribution in [0.15, 0.2) is 24.3 Å². The number of rotatable bonds is 2. The molecule has 1 aromatic rings. The zero-order chi connectivity index (χ0) is 11.9. The maximum Gasteiger partial charge on any atom is 0.0374 e. The summed E-state index contributed by atoms with van der Waals surface area (Å²) in [4.78, 5) is 0. The van der Waals surface area contributed by atoms with Gasteiger partial charge in [0.25, 0.3) is 0 Å². The second kappa shape index (κ2) is 4.29. The summed E-state index contributed by atoms with van der Waals surface area (Å²) in [6.45, 7) is 0. The standard InChI is InChI=1S/C17H23N/c1-2-4-17-13(3-1)7-8-16(18-17)11-15-10-12-5-6-14(15)9-12/h1-4,12,14-16,18H,5-11H2/t12-,14-,15+,16?/m1/s1. The molecule has 2 fully saturated rings. The molecule has 18 heavy (non-hydrogen) atoms. The normalized spacial score (nSPS) is 37.3. The highest BCUT2D eigenvalue weighted by Gasteiger charge is 2.40. The first-order valence-corrected chi connectivity index (χ1v) is 7.73. The van der Waals surface area contributed by atoms with E-state index in [9.17, 15) is 0 Å². The van der Waals surface area contributed by atoms with Crippen molar-refractivity contribution in [1.82, 2.24) is 0 Å². The van der Waals surface area contributed by atoms with Crippen LogP contribution < -0.4 is 5.32 Å². The van der Waals surface area contributed by atoms with Crippen LogP contribution in [0.4, 0.5) is 5.69 Å². The van der Waals surface area contributed by atoms with E-state index in [1.807, 2.05) is 0 Å². The van der Waals surface area contributed by atoms with Gasteiger partial charge in [-0.1, -0.05) is 24.6 Å². The van der Waals surface area contributed by atoms with Crippen LogP contribution in [0.1, 0.15) is 44.1 Å². The molecule has 0 radical (unpaired) electrons. The highest BCUT2D eigenvalue weighted by Crippen LogP contribution is 2.50. The van der Waals surface area contributed by atoms with Gasteiger partial charge in [0, 0.05) is 11.7 Å². The number of benzene rings is 1. The quantitative estimate of drug-likeness (QED) is 0.816. The fraction of sp³-hybridized carbons (Fsp3) is 0.647. The minimum Gasteiger partial charge on any atom is -0.382 e. The summed E-state index contributed by atoms with van der Waals surface area (Å²) in [6, 6.07) is 9.59. The lowest BCUT2D eigenvalue weighted by atomic mass is 9.82. The Morgan fingerprint density at radius 2 is 2.00 bits per heavy atom. The van der Waals surface area contributed by atoms with E-state index in [0.717, 1.165) is 23.8 Å². The minimum absolute atomic E-state index is 0.740. The summed E-state index contributed by atoms with van der Waals surface area (Å²) >= 11 is 0. The van der Waals surface area contributed by atoms with Crippen molar-refractivity contribution in [2.45, 2.75) is 51.0 Å². The maximum atomic E-state index is 3.78. The predicted molar refractivity (Wildman–Crippen MR) is 75.7 cm³/mol. The van der Waals surface area contributed by atoms with Crippen molar-refractivity contribution in [3.05, 3.63) is 29.8 Å². The van der Waals surface area contributed by atoms with Crippen LogP contribution in [0.3, 0.4) is 0 Å². The van der Waals surface area contributed by atoms with Crippen LogP contribution in [0.2, 0.25) is 0 Å². The van der Waals surface area contributed by atoms with E-state index in [1.54, 1.807) is 6.42 Å². The van der Waals surface area contributed by atoms with Crippen molar-refractivity contribution < 1.29 is 0 Å². The SMILES string of the molecule is c1ccc2c(c1)CCC(C[C@@H]1C[C@@H]3CC[C@@H]1C3)N2. The molecule has 0 spiro atoms. The molecule has 2 aliphatic carbocycles. The average Bonchev–Trinajstić information content (AvgIpc) is 3.01. The third kappa shape index (κ3) is 1.84. The van der Waals surface area contributed by atoms with Crippen LogP contribution in [0.5, 0.6) is 0 Å². The van der Waals surface area contributed by atoms with Crippen molar-refractivity contribution in [2.75, 3.05) is 5.32 Å². The highest BCUT2D eigenvalue weighted by atomic mass is 14.9. The van der Waals surface area contributed by atoms with Gasteiger partial charge in [0.1, 0.15) is 0 Å². The van der Waals surface area contributed by atoms with Gasteiger partial charge in [0.05, 0.1) is 0 Å². The van der Waals surface area contributed by atoms with Crippen molar-refractivity contribution in [3.63, 3.8) is 0 Å². The molecule has 0 aromatic heterocycles. The molecule has 1 nitrogen and oxygen atoms in total. The topological polar surface area (TPSA) is 12.0 Å². The van der Waals surface area contributed by atoms with Gasteiger partial charge in [-0.25, -0.2) is 0 Å². The Balaban J connectivity index is 1.42. The number of aryl methyl sites for hydroxylation is 1. The molecule has 1 aromatic carbocycles. The molecule has 1 heteroatoms.